The maximum Gasteiger partial charge on any atom is 0.0495 e. The van der Waals surface area contributed by atoms with Gasteiger partial charge in [-0.15, -0.1) is 0 Å². The molecule has 2 aliphatic rings. The molecule has 0 aromatic carbocycles. The standard InChI is InChI=1S/C12H23NO/c1-2-6-13-12(11-3-4-11)8-10-5-7-14-9-10/h10-13H,2-9H2,1H3. The van der Waals surface area contributed by atoms with Crippen LogP contribution in [-0.2, 0) is 4.74 Å². The van der Waals surface area contributed by atoms with Gasteiger partial charge in [0.15, 0.2) is 0 Å². The second kappa shape index (κ2) is 5.13. The second-order valence-electron chi connectivity index (χ2n) is 4.86. The molecule has 0 aromatic heterocycles. The molecule has 1 heterocycles. The number of ether oxygens (including phenoxy) is 1. The Morgan fingerprint density at radius 2 is 2.21 bits per heavy atom. The van der Waals surface area contributed by atoms with Crippen LogP contribution in [0.1, 0.15) is 39.0 Å². The molecule has 0 radical (unpaired) electrons. The fourth-order valence-electron chi connectivity index (χ4n) is 2.40. The third kappa shape index (κ3) is 2.96. The molecule has 0 amide bonds. The van der Waals surface area contributed by atoms with E-state index in [1.54, 1.807) is 0 Å². The summed E-state index contributed by atoms with van der Waals surface area (Å²) in [6.45, 7) is 5.44. The van der Waals surface area contributed by atoms with E-state index in [0.717, 1.165) is 31.1 Å². The zero-order valence-corrected chi connectivity index (χ0v) is 9.30. The summed E-state index contributed by atoms with van der Waals surface area (Å²) < 4.78 is 5.43. The second-order valence-corrected chi connectivity index (χ2v) is 4.86. The predicted molar refractivity (Wildman–Crippen MR) is 58.3 cm³/mol. The third-order valence-corrected chi connectivity index (χ3v) is 3.46. The van der Waals surface area contributed by atoms with Crippen molar-refractivity contribution in [3.63, 3.8) is 0 Å². The molecule has 2 atom stereocenters. The molecule has 1 saturated heterocycles. The van der Waals surface area contributed by atoms with Crippen LogP contribution in [0.5, 0.6) is 0 Å². The molecule has 1 aliphatic heterocycles. The highest BCUT2D eigenvalue weighted by Gasteiger charge is 2.33. The SMILES string of the molecule is CCCNC(CC1CCOC1)C1CC1. The maximum absolute atomic E-state index is 5.43. The number of hydrogen-bond donors (Lipinski definition) is 1. The lowest BCUT2D eigenvalue weighted by atomic mass is 9.96. The van der Waals surface area contributed by atoms with E-state index >= 15 is 0 Å². The molecule has 2 heteroatoms. The summed E-state index contributed by atoms with van der Waals surface area (Å²) in [6.07, 6.45) is 6.80. The molecule has 1 saturated carbocycles. The number of nitrogens with one attached hydrogen (secondary N) is 1. The Morgan fingerprint density at radius 1 is 1.36 bits per heavy atom. The summed E-state index contributed by atoms with van der Waals surface area (Å²) in [4.78, 5) is 0. The summed E-state index contributed by atoms with van der Waals surface area (Å²) >= 11 is 0. The molecule has 14 heavy (non-hydrogen) atoms. The zero-order valence-electron chi connectivity index (χ0n) is 9.30. The van der Waals surface area contributed by atoms with Crippen LogP contribution >= 0.6 is 0 Å². The summed E-state index contributed by atoms with van der Waals surface area (Å²) in [7, 11) is 0. The van der Waals surface area contributed by atoms with Gasteiger partial charge in [0, 0.05) is 19.3 Å². The summed E-state index contributed by atoms with van der Waals surface area (Å²) in [5.74, 6) is 1.83. The Balaban J connectivity index is 1.71. The van der Waals surface area contributed by atoms with E-state index in [4.69, 9.17) is 4.74 Å². The Labute approximate surface area is 87.4 Å². The molecule has 2 rings (SSSR count). The van der Waals surface area contributed by atoms with Crippen LogP contribution in [0.3, 0.4) is 0 Å². The van der Waals surface area contributed by atoms with Gasteiger partial charge in [-0.25, -0.2) is 0 Å². The highest BCUT2D eigenvalue weighted by Crippen LogP contribution is 2.36. The number of rotatable bonds is 6. The molecule has 0 bridgehead atoms. The van der Waals surface area contributed by atoms with Gasteiger partial charge in [-0.2, -0.15) is 0 Å². The van der Waals surface area contributed by atoms with Gasteiger partial charge in [0.25, 0.3) is 0 Å². The first-order valence-corrected chi connectivity index (χ1v) is 6.21. The lowest BCUT2D eigenvalue weighted by molar-refractivity contribution is 0.180. The van der Waals surface area contributed by atoms with Crippen LogP contribution in [0.4, 0.5) is 0 Å². The van der Waals surface area contributed by atoms with Gasteiger partial charge in [-0.3, -0.25) is 0 Å². The summed E-state index contributed by atoms with van der Waals surface area (Å²) in [5, 5.41) is 3.70. The van der Waals surface area contributed by atoms with Crippen LogP contribution < -0.4 is 5.32 Å². The molecule has 2 unspecified atom stereocenters. The van der Waals surface area contributed by atoms with Crippen LogP contribution in [0, 0.1) is 11.8 Å². The van der Waals surface area contributed by atoms with E-state index in [1.165, 1.54) is 38.6 Å². The van der Waals surface area contributed by atoms with Gasteiger partial charge in [0.1, 0.15) is 0 Å². The van der Waals surface area contributed by atoms with Gasteiger partial charge < -0.3 is 10.1 Å². The van der Waals surface area contributed by atoms with Crippen molar-refractivity contribution in [3.8, 4) is 0 Å². The lowest BCUT2D eigenvalue weighted by Gasteiger charge is -2.20. The maximum atomic E-state index is 5.43. The van der Waals surface area contributed by atoms with Gasteiger partial charge >= 0.3 is 0 Å². The smallest absolute Gasteiger partial charge is 0.0495 e. The van der Waals surface area contributed by atoms with Crippen molar-refractivity contribution in [1.82, 2.24) is 5.32 Å². The Morgan fingerprint density at radius 3 is 2.79 bits per heavy atom. The van der Waals surface area contributed by atoms with E-state index in [9.17, 15) is 0 Å². The number of hydrogen-bond acceptors (Lipinski definition) is 2. The van der Waals surface area contributed by atoms with Crippen LogP contribution in [0.15, 0.2) is 0 Å². The minimum atomic E-state index is 0.793. The minimum Gasteiger partial charge on any atom is -0.381 e. The predicted octanol–water partition coefficient (Wildman–Crippen LogP) is 2.19. The fourth-order valence-corrected chi connectivity index (χ4v) is 2.40. The molecule has 1 N–H and O–H groups in total. The quantitative estimate of drug-likeness (QED) is 0.705. The van der Waals surface area contributed by atoms with Crippen LogP contribution in [0.25, 0.3) is 0 Å². The molecule has 0 spiro atoms. The van der Waals surface area contributed by atoms with E-state index < -0.39 is 0 Å². The monoisotopic (exact) mass is 197 g/mol. The van der Waals surface area contributed by atoms with E-state index in [0.29, 0.717) is 0 Å². The molecule has 82 valence electrons. The van der Waals surface area contributed by atoms with Gasteiger partial charge in [-0.05, 0) is 50.5 Å². The molecular formula is C12H23NO. The highest BCUT2D eigenvalue weighted by molar-refractivity contribution is 4.88. The molecule has 1 aliphatic carbocycles. The van der Waals surface area contributed by atoms with Crippen molar-refractivity contribution in [3.05, 3.63) is 0 Å². The zero-order chi connectivity index (χ0) is 9.80. The summed E-state index contributed by atoms with van der Waals surface area (Å²) in [6, 6.07) is 0.793. The van der Waals surface area contributed by atoms with Crippen molar-refractivity contribution in [2.45, 2.75) is 45.1 Å². The van der Waals surface area contributed by atoms with Gasteiger partial charge in [-0.1, -0.05) is 6.92 Å². The summed E-state index contributed by atoms with van der Waals surface area (Å²) in [5.41, 5.74) is 0. The minimum absolute atomic E-state index is 0.793. The Bertz CT molecular complexity index is 162. The van der Waals surface area contributed by atoms with Crippen LogP contribution in [-0.4, -0.2) is 25.8 Å². The fraction of sp³-hybridized carbons (Fsp3) is 1.00. The van der Waals surface area contributed by atoms with Crippen molar-refractivity contribution in [2.24, 2.45) is 11.8 Å². The Kier molecular flexibility index (Phi) is 3.82. The first kappa shape index (κ1) is 10.4. The van der Waals surface area contributed by atoms with Crippen molar-refractivity contribution in [2.75, 3.05) is 19.8 Å². The average Bonchev–Trinajstić information content (AvgIpc) is 2.92. The first-order valence-electron chi connectivity index (χ1n) is 6.21. The molecule has 2 nitrogen and oxygen atoms in total. The van der Waals surface area contributed by atoms with Crippen LogP contribution in [0.2, 0.25) is 0 Å². The van der Waals surface area contributed by atoms with Crippen molar-refractivity contribution >= 4 is 0 Å². The topological polar surface area (TPSA) is 21.3 Å². The van der Waals surface area contributed by atoms with E-state index in [2.05, 4.69) is 12.2 Å². The van der Waals surface area contributed by atoms with E-state index in [1.807, 2.05) is 0 Å². The highest BCUT2D eigenvalue weighted by atomic mass is 16.5. The molecule has 2 fully saturated rings. The molecule has 0 aromatic rings. The lowest BCUT2D eigenvalue weighted by Crippen LogP contribution is -2.33. The first-order chi connectivity index (χ1) is 6.90. The largest absolute Gasteiger partial charge is 0.381 e. The molecular weight excluding hydrogens is 174 g/mol. The van der Waals surface area contributed by atoms with Gasteiger partial charge in [0.05, 0.1) is 0 Å². The van der Waals surface area contributed by atoms with Crippen molar-refractivity contribution < 1.29 is 4.74 Å². The Hall–Kier alpha value is -0.0800. The average molecular weight is 197 g/mol. The normalized spacial score (nSPS) is 29.4. The van der Waals surface area contributed by atoms with Crippen molar-refractivity contribution in [1.29, 1.82) is 0 Å². The third-order valence-electron chi connectivity index (χ3n) is 3.46. The van der Waals surface area contributed by atoms with E-state index in [-0.39, 0.29) is 0 Å². The van der Waals surface area contributed by atoms with Gasteiger partial charge in [0.2, 0.25) is 0 Å².